The van der Waals surface area contributed by atoms with Crippen molar-refractivity contribution < 1.29 is 177 Å². The molecule has 3 N–H and O–H groups in total. The van der Waals surface area contributed by atoms with Gasteiger partial charge in [-0.2, -0.15) is 0 Å². The minimum atomic E-state index is -1.22. The van der Waals surface area contributed by atoms with Gasteiger partial charge < -0.3 is 50.1 Å². The van der Waals surface area contributed by atoms with Crippen LogP contribution >= 0.6 is 11.6 Å². The van der Waals surface area contributed by atoms with E-state index in [0.717, 1.165) is 70.8 Å². The molecule has 0 fully saturated rings. The first-order valence-electron chi connectivity index (χ1n) is 29.3. The Morgan fingerprint density at radius 3 is 1.05 bits per heavy atom. The summed E-state index contributed by atoms with van der Waals surface area (Å²) in [6.07, 6.45) is 12.5. The van der Waals surface area contributed by atoms with Crippen molar-refractivity contribution in [2.45, 2.75) is 12.5 Å². The van der Waals surface area contributed by atoms with Crippen LogP contribution < -0.4 is 61.4 Å². The molecule has 105 heavy (non-hydrogen) atoms. The van der Waals surface area contributed by atoms with Gasteiger partial charge in [0, 0.05) is 181 Å². The molecule has 0 aliphatic carbocycles. The summed E-state index contributed by atoms with van der Waals surface area (Å²) >= 11 is 5.60. The number of aromatic hydroxyl groups is 1. The molecule has 0 unspecified atom stereocenters. The summed E-state index contributed by atoms with van der Waals surface area (Å²) in [5.41, 5.74) is 6.40. The van der Waals surface area contributed by atoms with Gasteiger partial charge >= 0.3 is 63.3 Å². The van der Waals surface area contributed by atoms with Gasteiger partial charge in [0.05, 0.1) is 8.52 Å². The van der Waals surface area contributed by atoms with Crippen molar-refractivity contribution >= 4 is 93.5 Å². The van der Waals surface area contributed by atoms with E-state index >= 15 is 0 Å². The Morgan fingerprint density at radius 1 is 0.505 bits per heavy atom. The van der Waals surface area contributed by atoms with Gasteiger partial charge in [-0.1, -0.05) is 169 Å². The standard InChI is InChI=1S/C15H13NO3.4C11H6F2N.C9H9Cl.C6H5NO3.CH3F.CH2O3.2Ir.2K/c1-2-11-5-7-12(8-6-11)10-19-13-4-3-9-16-14(13)15(17)18;4*12-8-4-5-9(10(13)7-8)11-3-1-2-6-14-11;1-2-8-3-5-9(7-10)6-4-8;8-4-2-1-3-7-5(4)6(9)10;1-2;2-1-4-3;;;;/h2-9H,1,10H2,(H,17,18);4*1-4,6-7H;2-6H,1,7H2;1-3,8H,(H,9,10);1H3;1,3H;;;;/q;4*-1;;;;;;;;+1/p-1/i;;;;;;;1D;;;;;. The largest absolute Gasteiger partial charge is 1.00 e. The van der Waals surface area contributed by atoms with E-state index in [1.54, 1.807) is 116 Å². The van der Waals surface area contributed by atoms with Crippen LogP contribution in [0.1, 0.15) is 44.6 Å². The molecule has 0 spiro atoms. The zero-order chi connectivity index (χ0) is 74.6. The smallest absolute Gasteiger partial charge is 0.662 e. The fourth-order valence-corrected chi connectivity index (χ4v) is 7.67. The summed E-state index contributed by atoms with van der Waals surface area (Å²) in [5, 5.41) is 34.6. The monoisotopic (exact) mass is 1870 g/mol. The Hall–Kier alpha value is -8.10. The molecule has 0 atom stereocenters. The molecule has 6 aromatic heterocycles. The number of rotatable bonds is 13. The molecule has 0 aliphatic rings. The number of nitrogens with zero attached hydrogens (tertiary/aromatic N) is 6. The van der Waals surface area contributed by atoms with E-state index in [0.29, 0.717) is 35.3 Å². The van der Waals surface area contributed by atoms with Crippen LogP contribution in [-0.2, 0) is 62.4 Å². The van der Waals surface area contributed by atoms with Crippen molar-refractivity contribution in [3.05, 3.63) is 349 Å². The van der Waals surface area contributed by atoms with Crippen LogP contribution in [0.5, 0.6) is 11.5 Å². The van der Waals surface area contributed by atoms with Gasteiger partial charge in [-0.3, -0.25) is 44.3 Å². The Bertz CT molecular complexity index is 4200. The number of hydrogen-bond acceptors (Lipinski definition) is 13. The van der Waals surface area contributed by atoms with E-state index < -0.39 is 65.6 Å². The Balaban J connectivity index is 0.00000120. The van der Waals surface area contributed by atoms with Gasteiger partial charge in [0.1, 0.15) is 12.4 Å². The Labute approximate surface area is 717 Å². The number of carbonyl (C=O) groups excluding carboxylic acids is 1. The molecule has 0 saturated heterocycles. The Morgan fingerprint density at radius 2 is 0.800 bits per heavy atom. The molecule has 3 radical (unpaired) electrons. The molecular weight excluding hydrogens is 1810 g/mol. The number of halogens is 10. The first kappa shape index (κ1) is 94.9. The van der Waals surface area contributed by atoms with E-state index in [2.05, 4.69) is 72.2 Å². The number of aromatic nitrogens is 6. The molecule has 6 heterocycles. The SMILES string of the molecule is C=Cc1ccc(CCl)cc1.C=Cc1ccc(COc2cccnc2C(=O)O)cc1.Fc1c[c-]c(-c2ccccn2)c(F)c1.Fc1c[c-]c(-c2ccccn2)c(F)c1.Fc1c[c-]c(-c2ccccn2)c(F)c1.Fc1c[c-]c(-c2ccccn2)c(F)c1.O=C(O)c1ncccc1O.O=CO[O-].[2H]CF.[Ir].[Ir].[K+].[K]. The van der Waals surface area contributed by atoms with Crippen LogP contribution in [0.3, 0.4) is 0 Å². The third-order valence-corrected chi connectivity index (χ3v) is 12.4. The van der Waals surface area contributed by atoms with E-state index in [-0.39, 0.29) is 195 Å². The van der Waals surface area contributed by atoms with Gasteiger partial charge in [0.2, 0.25) is 0 Å². The van der Waals surface area contributed by atoms with Crippen molar-refractivity contribution in [1.82, 2.24) is 29.9 Å². The third kappa shape index (κ3) is 35.7. The maximum atomic E-state index is 13.2. The number of carboxylic acids is 2. The van der Waals surface area contributed by atoms with Crippen molar-refractivity contribution in [3.8, 4) is 56.5 Å². The summed E-state index contributed by atoms with van der Waals surface area (Å²) in [4.78, 5) is 55.4. The molecule has 537 valence electrons. The van der Waals surface area contributed by atoms with Crippen LogP contribution in [-0.4, -0.2) is 122 Å². The number of alkyl halides is 2. The van der Waals surface area contributed by atoms with E-state index in [9.17, 15) is 49.1 Å². The molecule has 0 aliphatic heterocycles. The molecule has 0 saturated carbocycles. The molecule has 12 aromatic rings. The molecule has 29 heteroatoms. The number of carbonyl (C=O) groups is 3. The van der Waals surface area contributed by atoms with E-state index in [1.807, 2.05) is 54.6 Å². The van der Waals surface area contributed by atoms with Crippen LogP contribution in [0, 0.1) is 70.8 Å². The first-order chi connectivity index (χ1) is 49.2. The summed E-state index contributed by atoms with van der Waals surface area (Å²) in [6.45, 7) is 7.45. The van der Waals surface area contributed by atoms with Crippen molar-refractivity contribution in [2.24, 2.45) is 0 Å². The predicted molar refractivity (Wildman–Crippen MR) is 365 cm³/mol. The quantitative estimate of drug-likeness (QED) is 0.0185. The predicted octanol–water partition coefficient (Wildman–Crippen LogP) is 13.5. The van der Waals surface area contributed by atoms with E-state index in [1.165, 1.54) is 24.5 Å². The molecule has 0 amide bonds. The number of hydrogen-bond donors (Lipinski definition) is 3. The van der Waals surface area contributed by atoms with Gasteiger partial charge in [0.25, 0.3) is 6.47 Å². The van der Waals surface area contributed by atoms with Crippen LogP contribution in [0.15, 0.2) is 244 Å². The van der Waals surface area contributed by atoms with Crippen LogP contribution in [0.2, 0.25) is 0 Å². The topological polar surface area (TPSA) is 231 Å². The zero-order valence-corrected chi connectivity index (χ0v) is 66.9. The minimum absolute atomic E-state index is 0. The van der Waals surface area contributed by atoms with Gasteiger partial charge in [-0.15, -0.1) is 60.1 Å². The number of benzene rings is 6. The third-order valence-electron chi connectivity index (χ3n) is 12.1. The minimum Gasteiger partial charge on any atom is -0.662 e. The summed E-state index contributed by atoms with van der Waals surface area (Å²) in [5.74, 6) is -6.93. The first-order valence-corrected chi connectivity index (χ1v) is 29.1. The molecule has 0 bridgehead atoms. The Kier molecular flexibility index (Phi) is 50.0. The second kappa shape index (κ2) is 55.4. The van der Waals surface area contributed by atoms with Crippen LogP contribution in [0.4, 0.5) is 39.5 Å². The number of pyridine rings is 6. The zero-order valence-electron chi connectivity index (χ0n) is 56.1. The molecule has 12 rings (SSSR count). The van der Waals surface area contributed by atoms with E-state index in [4.69, 9.17) is 43.1 Å². The van der Waals surface area contributed by atoms with Crippen molar-refractivity contribution in [2.75, 3.05) is 7.15 Å². The maximum Gasteiger partial charge on any atom is 1.00 e. The van der Waals surface area contributed by atoms with Crippen LogP contribution in [0.25, 0.3) is 57.2 Å². The summed E-state index contributed by atoms with van der Waals surface area (Å²) in [6, 6.07) is 59.8. The van der Waals surface area contributed by atoms with Gasteiger partial charge in [-0.05, 0) is 93.6 Å². The number of carboxylic acid groups (broad SMARTS) is 2. The second-order valence-electron chi connectivity index (χ2n) is 18.9. The second-order valence-corrected chi connectivity index (χ2v) is 19.1. The summed E-state index contributed by atoms with van der Waals surface area (Å²) in [7, 11) is -1.00. The molecular formula is C76H55ClF9Ir2K2N6O9-4. The van der Waals surface area contributed by atoms with Gasteiger partial charge in [0.15, 0.2) is 17.1 Å². The average Bonchev–Trinajstić information content (AvgIpc) is 0.940. The number of ether oxygens (including phenoxy) is 1. The van der Waals surface area contributed by atoms with Gasteiger partial charge in [-0.25, -0.2) is 19.6 Å². The fourth-order valence-electron chi connectivity index (χ4n) is 7.49. The van der Waals surface area contributed by atoms with Crippen molar-refractivity contribution in [3.63, 3.8) is 0 Å². The summed E-state index contributed by atoms with van der Waals surface area (Å²) < 4.78 is 124. The maximum absolute atomic E-state index is 13.2. The number of aromatic carboxylic acids is 2. The fraction of sp³-hybridized carbons (Fsp3) is 0.0395. The normalized spacial score (nSPS) is 9.34. The average molecular weight is 1870 g/mol. The molecule has 6 aromatic carbocycles. The van der Waals surface area contributed by atoms with Crippen molar-refractivity contribution in [1.29, 1.82) is 0 Å². The molecule has 15 nitrogen and oxygen atoms in total.